The Morgan fingerprint density at radius 3 is 2.85 bits per heavy atom. The smallest absolute Gasteiger partial charge is 0.0373 e. The third kappa shape index (κ3) is 2.44. The van der Waals surface area contributed by atoms with E-state index in [4.69, 9.17) is 0 Å². The fourth-order valence-electron chi connectivity index (χ4n) is 2.54. The third-order valence-electron chi connectivity index (χ3n) is 3.47. The summed E-state index contributed by atoms with van der Waals surface area (Å²) in [6.07, 6.45) is 6.89. The molecule has 2 nitrogen and oxygen atoms in total. The van der Waals surface area contributed by atoms with E-state index in [1.54, 1.807) is 0 Å². The van der Waals surface area contributed by atoms with Crippen molar-refractivity contribution in [3.8, 4) is 0 Å². The molecule has 0 aromatic heterocycles. The largest absolute Gasteiger partial charge is 0.299 e. The fraction of sp³-hybridized carbons (Fsp3) is 1.00. The van der Waals surface area contributed by atoms with Gasteiger partial charge in [0, 0.05) is 25.2 Å². The number of rotatable bonds is 2. The first kappa shape index (κ1) is 9.47. The number of likely N-dealkylation sites (tertiary alicyclic amines) is 1. The van der Waals surface area contributed by atoms with Crippen molar-refractivity contribution in [1.29, 1.82) is 0 Å². The van der Waals surface area contributed by atoms with Gasteiger partial charge in [0.05, 0.1) is 0 Å². The minimum atomic E-state index is 0.667. The summed E-state index contributed by atoms with van der Waals surface area (Å²) >= 11 is 0. The summed E-state index contributed by atoms with van der Waals surface area (Å²) < 4.78 is 0. The normalized spacial score (nSPS) is 36.7. The lowest BCUT2D eigenvalue weighted by Crippen LogP contribution is -2.43. The molecule has 0 bridgehead atoms. The van der Waals surface area contributed by atoms with Crippen LogP contribution in [0.15, 0.2) is 0 Å². The molecule has 2 atom stereocenters. The Balaban J connectivity index is 1.78. The molecule has 13 heavy (non-hydrogen) atoms. The molecule has 2 heterocycles. The van der Waals surface area contributed by atoms with Crippen LogP contribution in [0.5, 0.6) is 0 Å². The van der Waals surface area contributed by atoms with E-state index in [0.717, 1.165) is 12.6 Å². The first-order valence-electron chi connectivity index (χ1n) is 5.77. The van der Waals surface area contributed by atoms with E-state index in [9.17, 15) is 0 Å². The monoisotopic (exact) mass is 181 g/mol. The van der Waals surface area contributed by atoms with Gasteiger partial charge in [-0.3, -0.25) is 4.90 Å². The van der Waals surface area contributed by atoms with Crippen LogP contribution in [-0.4, -0.2) is 36.6 Å². The Morgan fingerprint density at radius 1 is 1.23 bits per heavy atom. The second kappa shape index (κ2) is 4.43. The average Bonchev–Trinajstić information content (AvgIpc) is 2.61. The van der Waals surface area contributed by atoms with Gasteiger partial charge in [0.25, 0.3) is 0 Å². The minimum Gasteiger partial charge on any atom is -0.299 e. The summed E-state index contributed by atoms with van der Waals surface area (Å²) in [5.41, 5.74) is 0. The van der Waals surface area contributed by atoms with E-state index in [-0.39, 0.29) is 0 Å². The Kier molecular flexibility index (Phi) is 3.23. The maximum Gasteiger partial charge on any atom is 0.0373 e. The van der Waals surface area contributed by atoms with E-state index in [1.807, 2.05) is 0 Å². The van der Waals surface area contributed by atoms with E-state index < -0.39 is 0 Å². The van der Waals surface area contributed by atoms with Gasteiger partial charge in [-0.1, -0.05) is 6.42 Å². The summed E-state index contributed by atoms with van der Waals surface area (Å²) in [6.45, 7) is 6.04. The SMILES string of the molecule is CC1CCCCN1CC1CCC[N]1. The lowest BCUT2D eigenvalue weighted by molar-refractivity contribution is 0.147. The Morgan fingerprint density at radius 2 is 2.15 bits per heavy atom. The molecular weight excluding hydrogens is 160 g/mol. The van der Waals surface area contributed by atoms with Gasteiger partial charge in [0.15, 0.2) is 0 Å². The molecule has 0 spiro atoms. The molecular formula is C11H21N2. The highest BCUT2D eigenvalue weighted by Crippen LogP contribution is 2.18. The molecule has 0 aliphatic carbocycles. The van der Waals surface area contributed by atoms with Crippen LogP contribution in [0.1, 0.15) is 39.0 Å². The van der Waals surface area contributed by atoms with Crippen LogP contribution in [0.3, 0.4) is 0 Å². The third-order valence-corrected chi connectivity index (χ3v) is 3.47. The van der Waals surface area contributed by atoms with Gasteiger partial charge in [0.1, 0.15) is 0 Å². The molecule has 0 aromatic carbocycles. The molecule has 0 saturated carbocycles. The number of nitrogens with zero attached hydrogens (tertiary/aromatic N) is 2. The zero-order valence-corrected chi connectivity index (χ0v) is 8.71. The van der Waals surface area contributed by atoms with Crippen LogP contribution in [0.2, 0.25) is 0 Å². The van der Waals surface area contributed by atoms with Crippen molar-refractivity contribution in [3.05, 3.63) is 0 Å². The summed E-state index contributed by atoms with van der Waals surface area (Å²) in [7, 11) is 0. The van der Waals surface area contributed by atoms with Crippen LogP contribution in [0.25, 0.3) is 0 Å². The number of piperidine rings is 1. The van der Waals surface area contributed by atoms with Crippen molar-refractivity contribution in [1.82, 2.24) is 10.2 Å². The molecule has 0 aromatic rings. The molecule has 2 aliphatic heterocycles. The standard InChI is InChI=1S/C11H21N2/c1-10-5-2-3-8-13(10)9-11-6-4-7-12-11/h10-11H,2-9H2,1H3. The minimum absolute atomic E-state index is 0.667. The highest BCUT2D eigenvalue weighted by molar-refractivity contribution is 4.81. The van der Waals surface area contributed by atoms with Crippen molar-refractivity contribution in [2.45, 2.75) is 51.1 Å². The molecule has 2 rings (SSSR count). The predicted octanol–water partition coefficient (Wildman–Crippen LogP) is 1.63. The highest BCUT2D eigenvalue weighted by atomic mass is 15.2. The zero-order chi connectivity index (χ0) is 9.10. The lowest BCUT2D eigenvalue weighted by atomic mass is 10.0. The Bertz CT molecular complexity index is 152. The Hall–Kier alpha value is -0.0800. The quantitative estimate of drug-likeness (QED) is 0.633. The fourth-order valence-corrected chi connectivity index (χ4v) is 2.54. The zero-order valence-electron chi connectivity index (χ0n) is 8.71. The molecule has 75 valence electrons. The second-order valence-electron chi connectivity index (χ2n) is 4.54. The molecule has 2 unspecified atom stereocenters. The number of hydrogen-bond acceptors (Lipinski definition) is 1. The Labute approximate surface area is 81.7 Å². The first-order valence-corrected chi connectivity index (χ1v) is 5.77. The number of hydrogen-bond donors (Lipinski definition) is 0. The van der Waals surface area contributed by atoms with Gasteiger partial charge >= 0.3 is 0 Å². The van der Waals surface area contributed by atoms with Crippen LogP contribution in [0.4, 0.5) is 0 Å². The van der Waals surface area contributed by atoms with Gasteiger partial charge in [-0.2, -0.15) is 0 Å². The van der Waals surface area contributed by atoms with Crippen molar-refractivity contribution in [2.75, 3.05) is 19.6 Å². The van der Waals surface area contributed by atoms with Crippen LogP contribution < -0.4 is 5.32 Å². The maximum absolute atomic E-state index is 4.62. The molecule has 2 saturated heterocycles. The van der Waals surface area contributed by atoms with Gasteiger partial charge in [-0.25, -0.2) is 5.32 Å². The van der Waals surface area contributed by atoms with E-state index in [2.05, 4.69) is 17.1 Å². The molecule has 2 heteroatoms. The molecule has 0 amide bonds. The van der Waals surface area contributed by atoms with Gasteiger partial charge in [-0.15, -0.1) is 0 Å². The molecule has 2 aliphatic rings. The van der Waals surface area contributed by atoms with Crippen molar-refractivity contribution >= 4 is 0 Å². The van der Waals surface area contributed by atoms with Crippen molar-refractivity contribution < 1.29 is 0 Å². The average molecular weight is 181 g/mol. The summed E-state index contributed by atoms with van der Waals surface area (Å²) in [5, 5.41) is 4.62. The van der Waals surface area contributed by atoms with E-state index in [0.29, 0.717) is 6.04 Å². The van der Waals surface area contributed by atoms with Crippen LogP contribution >= 0.6 is 0 Å². The van der Waals surface area contributed by atoms with E-state index in [1.165, 1.54) is 45.2 Å². The summed E-state index contributed by atoms with van der Waals surface area (Å²) in [5.74, 6) is 0. The van der Waals surface area contributed by atoms with Crippen molar-refractivity contribution in [3.63, 3.8) is 0 Å². The van der Waals surface area contributed by atoms with Gasteiger partial charge < -0.3 is 0 Å². The van der Waals surface area contributed by atoms with Crippen molar-refractivity contribution in [2.24, 2.45) is 0 Å². The van der Waals surface area contributed by atoms with Crippen LogP contribution in [-0.2, 0) is 0 Å². The summed E-state index contributed by atoms with van der Waals surface area (Å²) in [4.78, 5) is 2.64. The second-order valence-corrected chi connectivity index (χ2v) is 4.54. The molecule has 1 radical (unpaired) electrons. The predicted molar refractivity (Wildman–Crippen MR) is 54.9 cm³/mol. The van der Waals surface area contributed by atoms with Gasteiger partial charge in [-0.05, 0) is 39.2 Å². The van der Waals surface area contributed by atoms with E-state index >= 15 is 0 Å². The maximum atomic E-state index is 4.62. The molecule has 0 N–H and O–H groups in total. The van der Waals surface area contributed by atoms with Crippen LogP contribution in [0, 0.1) is 0 Å². The lowest BCUT2D eigenvalue weighted by Gasteiger charge is -2.34. The highest BCUT2D eigenvalue weighted by Gasteiger charge is 2.23. The summed E-state index contributed by atoms with van der Waals surface area (Å²) in [6, 6.07) is 1.48. The first-order chi connectivity index (χ1) is 6.36. The van der Waals surface area contributed by atoms with Gasteiger partial charge in [0.2, 0.25) is 0 Å². The topological polar surface area (TPSA) is 17.3 Å². The molecule has 2 fully saturated rings.